The van der Waals surface area contributed by atoms with Crippen LogP contribution in [-0.2, 0) is 5.11 Å². The summed E-state index contributed by atoms with van der Waals surface area (Å²) in [5.41, 5.74) is 0.421. The molecule has 0 saturated heterocycles. The monoisotopic (exact) mass is 114 g/mol. The van der Waals surface area contributed by atoms with Crippen LogP contribution in [0.5, 0.6) is 0 Å². The van der Waals surface area contributed by atoms with Gasteiger partial charge in [0.25, 0.3) is 0 Å². The first-order valence-corrected chi connectivity index (χ1v) is 2.67. The van der Waals surface area contributed by atoms with Crippen molar-refractivity contribution in [1.82, 2.24) is 0 Å². The van der Waals surface area contributed by atoms with Gasteiger partial charge in [0, 0.05) is 5.92 Å². The molecule has 0 amide bonds. The van der Waals surface area contributed by atoms with E-state index in [1.54, 1.807) is 0 Å². The third kappa shape index (κ3) is 0.980. The second kappa shape index (κ2) is 2.13. The maximum atomic E-state index is 10.1. The van der Waals surface area contributed by atoms with Gasteiger partial charge in [-0.05, 0) is 12.8 Å². The van der Waals surface area contributed by atoms with E-state index in [0.717, 1.165) is 12.8 Å². The molecule has 0 atom stereocenters. The predicted octanol–water partition coefficient (Wildman–Crippen LogP) is 0.657. The molecule has 0 spiro atoms. The Kier molecular flexibility index (Phi) is 1.48. The van der Waals surface area contributed by atoms with Crippen molar-refractivity contribution in [3.8, 4) is 0 Å². The van der Waals surface area contributed by atoms with E-state index in [1.807, 2.05) is 0 Å². The van der Waals surface area contributed by atoms with Gasteiger partial charge in [0.1, 0.15) is 6.61 Å². The lowest BCUT2D eigenvalue weighted by molar-refractivity contribution is 0.233. The standard InChI is InChI=1S/C5H8NO2/c7-3-5(6-8)4-1-2-4/h4,8H,1-3H2. The Hall–Kier alpha value is -0.570. The van der Waals surface area contributed by atoms with E-state index < -0.39 is 0 Å². The van der Waals surface area contributed by atoms with E-state index in [-0.39, 0.29) is 6.61 Å². The predicted molar refractivity (Wildman–Crippen MR) is 27.5 cm³/mol. The van der Waals surface area contributed by atoms with Crippen molar-refractivity contribution in [2.24, 2.45) is 11.1 Å². The Morgan fingerprint density at radius 3 is 2.50 bits per heavy atom. The maximum absolute atomic E-state index is 10.1. The van der Waals surface area contributed by atoms with E-state index in [2.05, 4.69) is 5.16 Å². The average Bonchev–Trinajstić information content (AvgIpc) is 2.53. The molecule has 0 aromatic heterocycles. The Bertz CT molecular complexity index is 107. The van der Waals surface area contributed by atoms with Crippen LogP contribution >= 0.6 is 0 Å². The molecule has 1 aliphatic rings. The minimum Gasteiger partial charge on any atom is -0.411 e. The lowest BCUT2D eigenvalue weighted by Gasteiger charge is -1.89. The van der Waals surface area contributed by atoms with Crippen molar-refractivity contribution < 1.29 is 10.3 Å². The van der Waals surface area contributed by atoms with Crippen molar-refractivity contribution in [2.45, 2.75) is 12.8 Å². The molecule has 0 aliphatic heterocycles. The molecule has 0 aromatic rings. The number of oxime groups is 1. The number of nitrogens with zero attached hydrogens (tertiary/aromatic N) is 1. The van der Waals surface area contributed by atoms with Crippen LogP contribution in [0, 0.1) is 5.92 Å². The van der Waals surface area contributed by atoms with Crippen molar-refractivity contribution in [2.75, 3.05) is 6.61 Å². The summed E-state index contributed by atoms with van der Waals surface area (Å²) in [6, 6.07) is 0. The lowest BCUT2D eigenvalue weighted by Crippen LogP contribution is -2.04. The first-order valence-electron chi connectivity index (χ1n) is 2.67. The quantitative estimate of drug-likeness (QED) is 0.320. The topological polar surface area (TPSA) is 52.5 Å². The first kappa shape index (κ1) is 5.56. The largest absolute Gasteiger partial charge is 0.411 e. The van der Waals surface area contributed by atoms with Crippen LogP contribution in [0.1, 0.15) is 12.8 Å². The summed E-state index contributed by atoms with van der Waals surface area (Å²) in [5, 5.41) is 21.0. The molecule has 1 rings (SSSR count). The molecular weight excluding hydrogens is 106 g/mol. The number of hydrogen-bond acceptors (Lipinski definition) is 2. The van der Waals surface area contributed by atoms with Crippen molar-refractivity contribution in [1.29, 1.82) is 0 Å². The summed E-state index contributed by atoms with van der Waals surface area (Å²) in [7, 11) is 0. The molecule has 1 saturated carbocycles. The van der Waals surface area contributed by atoms with E-state index >= 15 is 0 Å². The van der Waals surface area contributed by atoms with Crippen molar-refractivity contribution in [3.05, 3.63) is 0 Å². The smallest absolute Gasteiger partial charge is 0.124 e. The normalized spacial score (nSPS) is 21.4. The Labute approximate surface area is 47.6 Å². The van der Waals surface area contributed by atoms with Crippen molar-refractivity contribution in [3.63, 3.8) is 0 Å². The van der Waals surface area contributed by atoms with E-state index in [9.17, 15) is 5.11 Å². The van der Waals surface area contributed by atoms with Crippen molar-refractivity contribution >= 4 is 5.71 Å². The fourth-order valence-electron chi connectivity index (χ4n) is 0.645. The second-order valence-corrected chi connectivity index (χ2v) is 2.01. The zero-order valence-electron chi connectivity index (χ0n) is 4.50. The van der Waals surface area contributed by atoms with Gasteiger partial charge in [0.15, 0.2) is 0 Å². The zero-order chi connectivity index (χ0) is 5.98. The highest BCUT2D eigenvalue weighted by Gasteiger charge is 2.27. The molecule has 0 heterocycles. The molecule has 0 bridgehead atoms. The summed E-state index contributed by atoms with van der Waals surface area (Å²) >= 11 is 0. The lowest BCUT2D eigenvalue weighted by atomic mass is 10.3. The van der Waals surface area contributed by atoms with E-state index in [1.165, 1.54) is 0 Å². The number of rotatable bonds is 2. The highest BCUT2D eigenvalue weighted by molar-refractivity contribution is 5.89. The van der Waals surface area contributed by atoms with Crippen LogP contribution in [0.25, 0.3) is 0 Å². The molecule has 1 N–H and O–H groups in total. The average molecular weight is 114 g/mol. The Balaban J connectivity index is 2.37. The van der Waals surface area contributed by atoms with Crippen LogP contribution in [0.3, 0.4) is 0 Å². The molecule has 8 heavy (non-hydrogen) atoms. The summed E-state index contributed by atoms with van der Waals surface area (Å²) in [4.78, 5) is 0. The van der Waals surface area contributed by atoms with Gasteiger partial charge in [-0.15, -0.1) is 0 Å². The van der Waals surface area contributed by atoms with Crippen LogP contribution < -0.4 is 0 Å². The van der Waals surface area contributed by atoms with Gasteiger partial charge >= 0.3 is 0 Å². The molecule has 1 fully saturated rings. The summed E-state index contributed by atoms with van der Waals surface area (Å²) in [5.74, 6) is 0.317. The minimum absolute atomic E-state index is 0.317. The van der Waals surface area contributed by atoms with Gasteiger partial charge < -0.3 is 5.21 Å². The maximum Gasteiger partial charge on any atom is 0.124 e. The molecule has 3 nitrogen and oxygen atoms in total. The number of hydrogen-bond donors (Lipinski definition) is 1. The summed E-state index contributed by atoms with van der Waals surface area (Å²) in [6.45, 7) is -0.346. The Morgan fingerprint density at radius 1 is 1.75 bits per heavy atom. The van der Waals surface area contributed by atoms with Gasteiger partial charge in [0.05, 0.1) is 5.71 Å². The van der Waals surface area contributed by atoms with E-state index in [4.69, 9.17) is 5.21 Å². The van der Waals surface area contributed by atoms with Gasteiger partial charge in [-0.3, -0.25) is 0 Å². The molecule has 45 valence electrons. The minimum atomic E-state index is -0.346. The Morgan fingerprint density at radius 2 is 2.38 bits per heavy atom. The molecule has 1 radical (unpaired) electrons. The van der Waals surface area contributed by atoms with Gasteiger partial charge in [0.2, 0.25) is 0 Å². The molecule has 3 heteroatoms. The third-order valence-corrected chi connectivity index (χ3v) is 1.32. The van der Waals surface area contributed by atoms with Crippen LogP contribution in [0.15, 0.2) is 5.16 Å². The van der Waals surface area contributed by atoms with E-state index in [0.29, 0.717) is 11.6 Å². The van der Waals surface area contributed by atoms with Gasteiger partial charge in [-0.2, -0.15) is 0 Å². The van der Waals surface area contributed by atoms with Crippen LogP contribution in [0.4, 0.5) is 0 Å². The van der Waals surface area contributed by atoms with Crippen LogP contribution in [-0.4, -0.2) is 17.5 Å². The highest BCUT2D eigenvalue weighted by atomic mass is 16.4. The first-order chi connectivity index (χ1) is 3.88. The summed E-state index contributed by atoms with van der Waals surface area (Å²) < 4.78 is 0. The fraction of sp³-hybridized carbons (Fsp3) is 0.800. The van der Waals surface area contributed by atoms with Gasteiger partial charge in [-0.25, -0.2) is 5.11 Å². The molecule has 0 aromatic carbocycles. The molecule has 1 aliphatic carbocycles. The van der Waals surface area contributed by atoms with Gasteiger partial charge in [-0.1, -0.05) is 5.16 Å². The summed E-state index contributed by atoms with van der Waals surface area (Å²) in [6.07, 6.45) is 2.06. The molecular formula is C5H8NO2. The zero-order valence-corrected chi connectivity index (χ0v) is 4.50. The fourth-order valence-corrected chi connectivity index (χ4v) is 0.645. The third-order valence-electron chi connectivity index (χ3n) is 1.32. The second-order valence-electron chi connectivity index (χ2n) is 2.01. The van der Waals surface area contributed by atoms with Crippen LogP contribution in [0.2, 0.25) is 0 Å². The SMILES string of the molecule is [O]CC(=NO)C1CC1. The molecule has 0 unspecified atom stereocenters. The highest BCUT2D eigenvalue weighted by Crippen LogP contribution is 2.30.